The lowest BCUT2D eigenvalue weighted by Crippen LogP contribution is -2.37. The number of rotatable bonds is 3. The molecule has 2 heteroatoms. The molecule has 1 aliphatic heterocycles. The van der Waals surface area contributed by atoms with E-state index in [1.807, 2.05) is 0 Å². The van der Waals surface area contributed by atoms with Gasteiger partial charge in [-0.25, -0.2) is 0 Å². The van der Waals surface area contributed by atoms with Crippen LogP contribution < -0.4 is 10.6 Å². The zero-order valence-electron chi connectivity index (χ0n) is 9.06. The summed E-state index contributed by atoms with van der Waals surface area (Å²) >= 11 is 0. The second kappa shape index (κ2) is 5.28. The molecule has 0 aromatic heterocycles. The van der Waals surface area contributed by atoms with Crippen LogP contribution in [0.2, 0.25) is 0 Å². The van der Waals surface area contributed by atoms with Gasteiger partial charge in [-0.3, -0.25) is 0 Å². The maximum Gasteiger partial charge on any atom is 0.0279 e. The third kappa shape index (κ3) is 3.81. The molecule has 1 heterocycles. The number of hydrogen-bond donors (Lipinski definition) is 2. The van der Waals surface area contributed by atoms with E-state index in [-0.39, 0.29) is 0 Å². The second-order valence-electron chi connectivity index (χ2n) is 4.23. The number of hydrogen-bond acceptors (Lipinski definition) is 2. The first-order valence-electron chi connectivity index (χ1n) is 5.33. The van der Waals surface area contributed by atoms with Crippen LogP contribution in [-0.2, 0) is 0 Å². The minimum atomic E-state index is 0.661. The molecule has 0 amide bonds. The SMILES string of the molecule is C/C(=C\NC1CCNCC1)C(C)C. The van der Waals surface area contributed by atoms with Crippen LogP contribution in [0, 0.1) is 5.92 Å². The van der Waals surface area contributed by atoms with Crippen molar-refractivity contribution in [1.82, 2.24) is 10.6 Å². The quantitative estimate of drug-likeness (QED) is 0.696. The van der Waals surface area contributed by atoms with E-state index in [0.29, 0.717) is 12.0 Å². The summed E-state index contributed by atoms with van der Waals surface area (Å²) in [5, 5.41) is 6.87. The Morgan fingerprint density at radius 1 is 1.38 bits per heavy atom. The standard InChI is InChI=1S/C11H22N2/c1-9(2)10(3)8-13-11-4-6-12-7-5-11/h8-9,11-13H,4-7H2,1-3H3/b10-8+. The van der Waals surface area contributed by atoms with Gasteiger partial charge in [0.1, 0.15) is 0 Å². The summed E-state index contributed by atoms with van der Waals surface area (Å²) in [6.07, 6.45) is 4.70. The van der Waals surface area contributed by atoms with E-state index in [4.69, 9.17) is 0 Å². The van der Waals surface area contributed by atoms with Gasteiger partial charge in [0.15, 0.2) is 0 Å². The Bertz CT molecular complexity index is 167. The molecule has 2 N–H and O–H groups in total. The highest BCUT2D eigenvalue weighted by Crippen LogP contribution is 2.08. The van der Waals surface area contributed by atoms with Crippen molar-refractivity contribution in [3.05, 3.63) is 11.8 Å². The van der Waals surface area contributed by atoms with E-state index in [9.17, 15) is 0 Å². The monoisotopic (exact) mass is 182 g/mol. The van der Waals surface area contributed by atoms with Gasteiger partial charge in [-0.2, -0.15) is 0 Å². The van der Waals surface area contributed by atoms with Gasteiger partial charge < -0.3 is 10.6 Å². The molecule has 0 bridgehead atoms. The molecule has 0 spiro atoms. The van der Waals surface area contributed by atoms with Crippen LogP contribution in [0.5, 0.6) is 0 Å². The molecule has 0 unspecified atom stereocenters. The zero-order chi connectivity index (χ0) is 9.68. The molecule has 0 radical (unpaired) electrons. The van der Waals surface area contributed by atoms with Crippen molar-refractivity contribution in [1.29, 1.82) is 0 Å². The molecule has 13 heavy (non-hydrogen) atoms. The number of allylic oxidation sites excluding steroid dienone is 1. The summed E-state index contributed by atoms with van der Waals surface area (Å²) in [5.74, 6) is 0.661. The number of piperidine rings is 1. The van der Waals surface area contributed by atoms with Crippen molar-refractivity contribution in [2.75, 3.05) is 13.1 Å². The van der Waals surface area contributed by atoms with Crippen molar-refractivity contribution in [2.45, 2.75) is 39.7 Å². The summed E-state index contributed by atoms with van der Waals surface area (Å²) in [4.78, 5) is 0. The predicted octanol–water partition coefficient (Wildman–Crippen LogP) is 1.89. The van der Waals surface area contributed by atoms with Gasteiger partial charge in [0.05, 0.1) is 0 Å². The average Bonchev–Trinajstić information content (AvgIpc) is 2.15. The van der Waals surface area contributed by atoms with Crippen LogP contribution in [0.15, 0.2) is 11.8 Å². The van der Waals surface area contributed by atoms with Crippen LogP contribution in [0.4, 0.5) is 0 Å². The molecule has 0 atom stereocenters. The van der Waals surface area contributed by atoms with Crippen molar-refractivity contribution < 1.29 is 0 Å². The molecule has 1 fully saturated rings. The third-order valence-electron chi connectivity index (χ3n) is 2.80. The first-order chi connectivity index (χ1) is 6.20. The van der Waals surface area contributed by atoms with E-state index >= 15 is 0 Å². The maximum atomic E-state index is 3.50. The van der Waals surface area contributed by atoms with Gasteiger partial charge in [-0.1, -0.05) is 19.4 Å². The van der Waals surface area contributed by atoms with Gasteiger partial charge in [0, 0.05) is 6.04 Å². The topological polar surface area (TPSA) is 24.1 Å². The Kier molecular flexibility index (Phi) is 4.29. The molecular weight excluding hydrogens is 160 g/mol. The molecule has 1 rings (SSSR count). The van der Waals surface area contributed by atoms with Crippen molar-refractivity contribution in [2.24, 2.45) is 5.92 Å². The van der Waals surface area contributed by atoms with Crippen molar-refractivity contribution >= 4 is 0 Å². The third-order valence-corrected chi connectivity index (χ3v) is 2.80. The molecule has 0 aromatic rings. The van der Waals surface area contributed by atoms with Gasteiger partial charge in [-0.05, 0) is 45.0 Å². The fourth-order valence-electron chi connectivity index (χ4n) is 1.40. The Morgan fingerprint density at radius 3 is 2.54 bits per heavy atom. The molecule has 1 saturated heterocycles. The van der Waals surface area contributed by atoms with Crippen molar-refractivity contribution in [3.8, 4) is 0 Å². The fraction of sp³-hybridized carbons (Fsp3) is 0.818. The molecule has 0 aromatic carbocycles. The van der Waals surface area contributed by atoms with Gasteiger partial charge >= 0.3 is 0 Å². The minimum absolute atomic E-state index is 0.661. The highest BCUT2D eigenvalue weighted by molar-refractivity contribution is 5.00. The largest absolute Gasteiger partial charge is 0.388 e. The van der Waals surface area contributed by atoms with Crippen LogP contribution in [0.3, 0.4) is 0 Å². The van der Waals surface area contributed by atoms with Crippen LogP contribution in [-0.4, -0.2) is 19.1 Å². The van der Waals surface area contributed by atoms with Crippen LogP contribution >= 0.6 is 0 Å². The van der Waals surface area contributed by atoms with Gasteiger partial charge in [0.25, 0.3) is 0 Å². The number of nitrogens with one attached hydrogen (secondary N) is 2. The summed E-state index contributed by atoms with van der Waals surface area (Å²) in [6.45, 7) is 8.98. The first-order valence-corrected chi connectivity index (χ1v) is 5.33. The lowest BCUT2D eigenvalue weighted by Gasteiger charge is -2.23. The predicted molar refractivity (Wildman–Crippen MR) is 57.6 cm³/mol. The average molecular weight is 182 g/mol. The van der Waals surface area contributed by atoms with E-state index in [1.54, 1.807) is 0 Å². The first kappa shape index (κ1) is 10.6. The summed E-state index contributed by atoms with van der Waals surface area (Å²) in [6, 6.07) is 0.690. The molecule has 1 aliphatic rings. The highest BCUT2D eigenvalue weighted by atomic mass is 15.0. The van der Waals surface area contributed by atoms with Gasteiger partial charge in [0.2, 0.25) is 0 Å². The van der Waals surface area contributed by atoms with Crippen molar-refractivity contribution in [3.63, 3.8) is 0 Å². The lowest BCUT2D eigenvalue weighted by molar-refractivity contribution is 0.418. The zero-order valence-corrected chi connectivity index (χ0v) is 9.06. The van der Waals surface area contributed by atoms with E-state index < -0.39 is 0 Å². The smallest absolute Gasteiger partial charge is 0.0279 e. The lowest BCUT2D eigenvalue weighted by atomic mass is 10.0. The fourth-order valence-corrected chi connectivity index (χ4v) is 1.40. The molecule has 2 nitrogen and oxygen atoms in total. The second-order valence-corrected chi connectivity index (χ2v) is 4.23. The summed E-state index contributed by atoms with van der Waals surface area (Å²) in [5.41, 5.74) is 1.44. The highest BCUT2D eigenvalue weighted by Gasteiger charge is 2.10. The van der Waals surface area contributed by atoms with Crippen LogP contribution in [0.25, 0.3) is 0 Å². The summed E-state index contributed by atoms with van der Waals surface area (Å²) < 4.78 is 0. The Hall–Kier alpha value is -0.500. The minimum Gasteiger partial charge on any atom is -0.388 e. The Labute approximate surface area is 81.8 Å². The van der Waals surface area contributed by atoms with E-state index in [1.165, 1.54) is 18.4 Å². The van der Waals surface area contributed by atoms with Crippen LogP contribution in [0.1, 0.15) is 33.6 Å². The van der Waals surface area contributed by atoms with Gasteiger partial charge in [-0.15, -0.1) is 0 Å². The van der Waals surface area contributed by atoms with E-state index in [0.717, 1.165) is 13.1 Å². The van der Waals surface area contributed by atoms with E-state index in [2.05, 4.69) is 37.6 Å². The molecular formula is C11H22N2. The Morgan fingerprint density at radius 2 is 2.00 bits per heavy atom. The maximum absolute atomic E-state index is 3.50. The molecule has 76 valence electrons. The molecule has 0 aliphatic carbocycles. The summed E-state index contributed by atoms with van der Waals surface area (Å²) in [7, 11) is 0. The normalized spacial score (nSPS) is 20.8. The molecule has 0 saturated carbocycles. The Balaban J connectivity index is 2.27.